The summed E-state index contributed by atoms with van der Waals surface area (Å²) >= 11 is 7.95. The standard InChI is InChI=1S/C26H27ClN2OS/c27-25-8-4-3-7-24(25)19-31-16-14-28-26(30)22-11-9-20(10-12-22)17-29-15-13-21-5-1-2-6-23(21)18-29/h1-12H,13-19H2,(H,28,30)/p+1. The third-order valence-electron chi connectivity index (χ3n) is 5.72. The van der Waals surface area contributed by atoms with Gasteiger partial charge in [-0.1, -0.05) is 66.2 Å². The van der Waals surface area contributed by atoms with Crippen LogP contribution < -0.4 is 10.2 Å². The molecule has 0 spiro atoms. The molecule has 1 aliphatic heterocycles. The summed E-state index contributed by atoms with van der Waals surface area (Å²) in [6.45, 7) is 3.87. The van der Waals surface area contributed by atoms with Crippen LogP contribution in [0.5, 0.6) is 0 Å². The van der Waals surface area contributed by atoms with Crippen molar-refractivity contribution in [1.82, 2.24) is 5.32 Å². The van der Waals surface area contributed by atoms with Gasteiger partial charge in [0.1, 0.15) is 13.1 Å². The van der Waals surface area contributed by atoms with E-state index in [1.54, 1.807) is 16.7 Å². The average molecular weight is 452 g/mol. The molecule has 31 heavy (non-hydrogen) atoms. The van der Waals surface area contributed by atoms with Gasteiger partial charge in [0.05, 0.1) is 6.54 Å². The Morgan fingerprint density at radius 2 is 1.71 bits per heavy atom. The van der Waals surface area contributed by atoms with E-state index in [9.17, 15) is 4.79 Å². The largest absolute Gasteiger partial charge is 0.351 e. The Hall–Kier alpha value is -2.27. The Kier molecular flexibility index (Phi) is 7.68. The third kappa shape index (κ3) is 6.13. The van der Waals surface area contributed by atoms with Crippen LogP contribution >= 0.6 is 23.4 Å². The number of hydrogen-bond acceptors (Lipinski definition) is 2. The number of halogens is 1. The van der Waals surface area contributed by atoms with Gasteiger partial charge in [-0.15, -0.1) is 0 Å². The highest BCUT2D eigenvalue weighted by molar-refractivity contribution is 7.98. The Balaban J connectivity index is 1.20. The van der Waals surface area contributed by atoms with Crippen LogP contribution in [-0.4, -0.2) is 24.7 Å². The summed E-state index contributed by atoms with van der Waals surface area (Å²) in [6.07, 6.45) is 1.14. The first-order valence-electron chi connectivity index (χ1n) is 10.8. The van der Waals surface area contributed by atoms with Crippen molar-refractivity contribution in [1.29, 1.82) is 0 Å². The highest BCUT2D eigenvalue weighted by atomic mass is 35.5. The van der Waals surface area contributed by atoms with Crippen LogP contribution in [0.15, 0.2) is 72.8 Å². The van der Waals surface area contributed by atoms with Crippen molar-refractivity contribution in [2.45, 2.75) is 25.3 Å². The fourth-order valence-corrected chi connectivity index (χ4v) is 5.14. The number of hydrogen-bond donors (Lipinski definition) is 2. The molecule has 160 valence electrons. The molecule has 1 amide bonds. The van der Waals surface area contributed by atoms with E-state index in [1.165, 1.54) is 16.7 Å². The molecule has 0 bridgehead atoms. The summed E-state index contributed by atoms with van der Waals surface area (Å²) in [5.41, 5.74) is 6.09. The van der Waals surface area contributed by atoms with Crippen LogP contribution in [0.2, 0.25) is 5.02 Å². The van der Waals surface area contributed by atoms with Crippen molar-refractivity contribution >= 4 is 29.3 Å². The van der Waals surface area contributed by atoms with Gasteiger partial charge >= 0.3 is 0 Å². The third-order valence-corrected chi connectivity index (χ3v) is 7.10. The topological polar surface area (TPSA) is 33.5 Å². The minimum absolute atomic E-state index is 0.0101. The van der Waals surface area contributed by atoms with Gasteiger partial charge in [-0.05, 0) is 29.3 Å². The molecular formula is C26H28ClN2OS+. The van der Waals surface area contributed by atoms with Crippen LogP contribution in [-0.2, 0) is 25.3 Å². The van der Waals surface area contributed by atoms with Gasteiger partial charge in [-0.25, -0.2) is 0 Å². The molecule has 1 atom stereocenters. The molecule has 3 aromatic carbocycles. The SMILES string of the molecule is O=C(NCCSCc1ccccc1Cl)c1ccc(C[NH+]2CCc3ccccc3C2)cc1. The van der Waals surface area contributed by atoms with E-state index in [4.69, 9.17) is 11.6 Å². The van der Waals surface area contributed by atoms with E-state index >= 15 is 0 Å². The predicted octanol–water partition coefficient (Wildman–Crippen LogP) is 4.14. The summed E-state index contributed by atoms with van der Waals surface area (Å²) in [5.74, 6) is 1.70. The number of fused-ring (bicyclic) bond motifs is 1. The van der Waals surface area contributed by atoms with Crippen LogP contribution in [0.4, 0.5) is 0 Å². The zero-order chi connectivity index (χ0) is 21.5. The van der Waals surface area contributed by atoms with E-state index in [1.807, 2.05) is 36.4 Å². The summed E-state index contributed by atoms with van der Waals surface area (Å²) in [4.78, 5) is 14.0. The van der Waals surface area contributed by atoms with Gasteiger partial charge in [0, 0.05) is 46.2 Å². The monoisotopic (exact) mass is 451 g/mol. The zero-order valence-corrected chi connectivity index (χ0v) is 19.1. The molecule has 3 aromatic rings. The quantitative estimate of drug-likeness (QED) is 0.504. The Bertz CT molecular complexity index is 1020. The summed E-state index contributed by atoms with van der Waals surface area (Å²) < 4.78 is 0. The summed E-state index contributed by atoms with van der Waals surface area (Å²) in [6, 6.07) is 24.7. The van der Waals surface area contributed by atoms with Crippen molar-refractivity contribution < 1.29 is 9.69 Å². The maximum Gasteiger partial charge on any atom is 0.251 e. The molecule has 1 heterocycles. The second kappa shape index (κ2) is 10.9. The Labute approximate surface area is 193 Å². The number of benzene rings is 3. The number of thioether (sulfide) groups is 1. The molecule has 1 unspecified atom stereocenters. The van der Waals surface area contributed by atoms with E-state index in [2.05, 4.69) is 41.7 Å². The van der Waals surface area contributed by atoms with E-state index < -0.39 is 0 Å². The average Bonchev–Trinajstić information content (AvgIpc) is 2.80. The molecular weight excluding hydrogens is 424 g/mol. The molecule has 1 aliphatic rings. The van der Waals surface area contributed by atoms with Crippen molar-refractivity contribution in [3.8, 4) is 0 Å². The molecule has 0 saturated carbocycles. The van der Waals surface area contributed by atoms with Gasteiger partial charge in [0.2, 0.25) is 0 Å². The lowest BCUT2D eigenvalue weighted by atomic mass is 9.99. The van der Waals surface area contributed by atoms with Crippen LogP contribution in [0.1, 0.15) is 32.6 Å². The fourth-order valence-electron chi connectivity index (χ4n) is 3.99. The molecule has 0 radical (unpaired) electrons. The Morgan fingerprint density at radius 3 is 2.52 bits per heavy atom. The number of nitrogens with one attached hydrogen (secondary N) is 2. The van der Waals surface area contributed by atoms with Crippen molar-refractivity contribution in [2.24, 2.45) is 0 Å². The van der Waals surface area contributed by atoms with E-state index in [0.717, 1.165) is 53.7 Å². The number of carbonyl (C=O) groups is 1. The molecule has 0 saturated heterocycles. The van der Waals surface area contributed by atoms with Gasteiger partial charge in [0.15, 0.2) is 0 Å². The predicted molar refractivity (Wildman–Crippen MR) is 130 cm³/mol. The van der Waals surface area contributed by atoms with Gasteiger partial charge < -0.3 is 10.2 Å². The van der Waals surface area contributed by atoms with Crippen molar-refractivity contribution in [2.75, 3.05) is 18.8 Å². The maximum absolute atomic E-state index is 12.4. The first-order chi connectivity index (χ1) is 15.2. The smallest absolute Gasteiger partial charge is 0.251 e. The first kappa shape index (κ1) is 21.9. The molecule has 4 rings (SSSR count). The number of quaternary nitrogens is 1. The summed E-state index contributed by atoms with van der Waals surface area (Å²) in [7, 11) is 0. The second-order valence-electron chi connectivity index (χ2n) is 7.97. The van der Waals surface area contributed by atoms with E-state index in [0.29, 0.717) is 6.54 Å². The highest BCUT2D eigenvalue weighted by Crippen LogP contribution is 2.20. The minimum atomic E-state index is -0.0101. The molecule has 0 aromatic heterocycles. The van der Waals surface area contributed by atoms with Crippen molar-refractivity contribution in [3.63, 3.8) is 0 Å². The molecule has 0 aliphatic carbocycles. The van der Waals surface area contributed by atoms with E-state index in [-0.39, 0.29) is 5.91 Å². The summed E-state index contributed by atoms with van der Waals surface area (Å²) in [5, 5.41) is 3.81. The highest BCUT2D eigenvalue weighted by Gasteiger charge is 2.19. The van der Waals surface area contributed by atoms with Crippen molar-refractivity contribution in [3.05, 3.63) is 106 Å². The van der Waals surface area contributed by atoms with Crippen LogP contribution in [0.3, 0.4) is 0 Å². The fraction of sp³-hybridized carbons (Fsp3) is 0.269. The zero-order valence-electron chi connectivity index (χ0n) is 17.6. The van der Waals surface area contributed by atoms with Gasteiger partial charge in [-0.2, -0.15) is 11.8 Å². The minimum Gasteiger partial charge on any atom is -0.351 e. The first-order valence-corrected chi connectivity index (χ1v) is 12.3. The van der Waals surface area contributed by atoms with Gasteiger partial charge in [-0.3, -0.25) is 4.79 Å². The lowest BCUT2D eigenvalue weighted by Gasteiger charge is -2.26. The second-order valence-corrected chi connectivity index (χ2v) is 9.48. The normalized spacial score (nSPS) is 15.3. The number of carbonyl (C=O) groups excluding carboxylic acids is 1. The van der Waals surface area contributed by atoms with Crippen LogP contribution in [0, 0.1) is 0 Å². The maximum atomic E-state index is 12.4. The lowest BCUT2D eigenvalue weighted by Crippen LogP contribution is -3.10. The molecule has 0 fully saturated rings. The van der Waals surface area contributed by atoms with Gasteiger partial charge in [0.25, 0.3) is 5.91 Å². The number of rotatable bonds is 8. The lowest BCUT2D eigenvalue weighted by molar-refractivity contribution is -0.929. The molecule has 5 heteroatoms. The molecule has 3 nitrogen and oxygen atoms in total. The molecule has 2 N–H and O–H groups in total. The Morgan fingerprint density at radius 1 is 0.968 bits per heavy atom. The van der Waals surface area contributed by atoms with Crippen LogP contribution in [0.25, 0.3) is 0 Å². The number of amides is 1.